The van der Waals surface area contributed by atoms with Gasteiger partial charge < -0.3 is 0 Å². The summed E-state index contributed by atoms with van der Waals surface area (Å²) in [5.41, 5.74) is 1.81. The first-order valence-corrected chi connectivity index (χ1v) is 6.32. The van der Waals surface area contributed by atoms with E-state index in [9.17, 15) is 13.2 Å². The molecule has 0 radical (unpaired) electrons. The highest BCUT2D eigenvalue weighted by atomic mass is 19.4. The lowest BCUT2D eigenvalue weighted by Gasteiger charge is -2.17. The van der Waals surface area contributed by atoms with Crippen LogP contribution in [0, 0.1) is 0 Å². The first-order chi connectivity index (χ1) is 9.18. The number of hydrogen-bond acceptors (Lipinski definition) is 1. The summed E-state index contributed by atoms with van der Waals surface area (Å²) in [4.78, 5) is 4.38. The molecule has 1 aromatic carbocycles. The average molecular weight is 279 g/mol. The maximum Gasteiger partial charge on any atom is 0.416 e. The van der Waals surface area contributed by atoms with Crippen molar-refractivity contribution in [1.82, 2.24) is 4.98 Å². The third-order valence-corrected chi connectivity index (χ3v) is 3.08. The summed E-state index contributed by atoms with van der Waals surface area (Å²) in [6, 6.07) is 8.91. The number of nitrogens with zero attached hydrogens (tertiary/aromatic N) is 1. The van der Waals surface area contributed by atoms with Crippen LogP contribution in [0.25, 0.3) is 11.1 Å². The number of hydrogen-bond donors (Lipinski definition) is 0. The molecule has 0 N–H and O–H groups in total. The standard InChI is InChI=1S/C16H16F3N/c1-15(2,3)14-9-6-12(10-20-14)11-4-7-13(8-5-11)16(17,18)19/h4-10H,1-3H3. The van der Waals surface area contributed by atoms with Gasteiger partial charge in [0.1, 0.15) is 0 Å². The van der Waals surface area contributed by atoms with Gasteiger partial charge in [-0.1, -0.05) is 39.0 Å². The Hall–Kier alpha value is -1.84. The molecule has 2 rings (SSSR count). The van der Waals surface area contributed by atoms with E-state index in [1.165, 1.54) is 12.1 Å². The molecule has 1 nitrogen and oxygen atoms in total. The number of aromatic nitrogens is 1. The van der Waals surface area contributed by atoms with E-state index in [4.69, 9.17) is 0 Å². The fourth-order valence-electron chi connectivity index (χ4n) is 1.86. The monoisotopic (exact) mass is 279 g/mol. The lowest BCUT2D eigenvalue weighted by atomic mass is 9.91. The molecule has 0 fully saturated rings. The van der Waals surface area contributed by atoms with Gasteiger partial charge >= 0.3 is 6.18 Å². The molecule has 1 aromatic heterocycles. The van der Waals surface area contributed by atoms with E-state index in [0.717, 1.165) is 29.0 Å². The molecule has 0 aliphatic carbocycles. The highest BCUT2D eigenvalue weighted by molar-refractivity contribution is 5.62. The van der Waals surface area contributed by atoms with Gasteiger partial charge in [0.15, 0.2) is 0 Å². The van der Waals surface area contributed by atoms with Crippen LogP contribution in [0.1, 0.15) is 32.0 Å². The molecule has 20 heavy (non-hydrogen) atoms. The van der Waals surface area contributed by atoms with Gasteiger partial charge in [-0.15, -0.1) is 0 Å². The molecule has 0 bridgehead atoms. The van der Waals surface area contributed by atoms with Gasteiger partial charge in [-0.2, -0.15) is 13.2 Å². The normalized spacial score (nSPS) is 12.5. The van der Waals surface area contributed by atoms with Gasteiger partial charge in [0, 0.05) is 22.9 Å². The number of rotatable bonds is 1. The second kappa shape index (κ2) is 4.93. The Morgan fingerprint density at radius 1 is 0.800 bits per heavy atom. The van der Waals surface area contributed by atoms with Gasteiger partial charge in [-0.25, -0.2) is 0 Å². The van der Waals surface area contributed by atoms with E-state index < -0.39 is 11.7 Å². The summed E-state index contributed by atoms with van der Waals surface area (Å²) >= 11 is 0. The summed E-state index contributed by atoms with van der Waals surface area (Å²) in [7, 11) is 0. The van der Waals surface area contributed by atoms with Crippen LogP contribution in [-0.4, -0.2) is 4.98 Å². The van der Waals surface area contributed by atoms with Crippen molar-refractivity contribution < 1.29 is 13.2 Å². The largest absolute Gasteiger partial charge is 0.416 e. The van der Waals surface area contributed by atoms with Crippen LogP contribution < -0.4 is 0 Å². The first-order valence-electron chi connectivity index (χ1n) is 6.32. The van der Waals surface area contributed by atoms with Crippen LogP contribution >= 0.6 is 0 Å². The van der Waals surface area contributed by atoms with E-state index in [1.54, 1.807) is 6.20 Å². The molecule has 0 amide bonds. The molecule has 0 unspecified atom stereocenters. The third kappa shape index (κ3) is 3.18. The molecule has 4 heteroatoms. The van der Waals surface area contributed by atoms with Crippen LogP contribution in [0.15, 0.2) is 42.6 Å². The minimum absolute atomic E-state index is 0.0430. The highest BCUT2D eigenvalue weighted by Crippen LogP contribution is 2.31. The second-order valence-corrected chi connectivity index (χ2v) is 5.76. The zero-order valence-corrected chi connectivity index (χ0v) is 11.6. The quantitative estimate of drug-likeness (QED) is 0.710. The maximum atomic E-state index is 12.5. The fraction of sp³-hybridized carbons (Fsp3) is 0.312. The van der Waals surface area contributed by atoms with E-state index in [0.29, 0.717) is 0 Å². The summed E-state index contributed by atoms with van der Waals surface area (Å²) in [5.74, 6) is 0. The molecule has 1 heterocycles. The van der Waals surface area contributed by atoms with Crippen LogP contribution in [-0.2, 0) is 11.6 Å². The zero-order valence-electron chi connectivity index (χ0n) is 11.6. The van der Waals surface area contributed by atoms with Gasteiger partial charge in [0.25, 0.3) is 0 Å². The smallest absolute Gasteiger partial charge is 0.260 e. The van der Waals surface area contributed by atoms with Gasteiger partial charge in [0.2, 0.25) is 0 Å². The van der Waals surface area contributed by atoms with Crippen molar-refractivity contribution in [3.63, 3.8) is 0 Å². The van der Waals surface area contributed by atoms with Crippen LogP contribution in [0.5, 0.6) is 0 Å². The summed E-state index contributed by atoms with van der Waals surface area (Å²) in [5, 5.41) is 0. The molecule has 0 saturated heterocycles. The molecule has 0 spiro atoms. The van der Waals surface area contributed by atoms with Crippen LogP contribution in [0.2, 0.25) is 0 Å². The van der Waals surface area contributed by atoms with E-state index in [-0.39, 0.29) is 5.41 Å². The predicted octanol–water partition coefficient (Wildman–Crippen LogP) is 5.06. The van der Waals surface area contributed by atoms with E-state index >= 15 is 0 Å². The Kier molecular flexibility index (Phi) is 3.59. The minimum Gasteiger partial charge on any atom is -0.260 e. The maximum absolute atomic E-state index is 12.5. The van der Waals surface area contributed by atoms with Crippen LogP contribution in [0.3, 0.4) is 0 Å². The molecule has 2 aromatic rings. The highest BCUT2D eigenvalue weighted by Gasteiger charge is 2.29. The number of pyridine rings is 1. The average Bonchev–Trinajstić information content (AvgIpc) is 2.37. The molecule has 0 aliphatic heterocycles. The summed E-state index contributed by atoms with van der Waals surface area (Å²) < 4.78 is 37.5. The Labute approximate surface area is 116 Å². The zero-order chi connectivity index (χ0) is 15.0. The van der Waals surface area contributed by atoms with E-state index in [1.807, 2.05) is 12.1 Å². The Morgan fingerprint density at radius 3 is 1.75 bits per heavy atom. The Balaban J connectivity index is 2.29. The van der Waals surface area contributed by atoms with Crippen molar-refractivity contribution in [3.05, 3.63) is 53.9 Å². The third-order valence-electron chi connectivity index (χ3n) is 3.08. The number of halogens is 3. The first kappa shape index (κ1) is 14.6. The lowest BCUT2D eigenvalue weighted by Crippen LogP contribution is -2.12. The number of benzene rings is 1. The van der Waals surface area contributed by atoms with Crippen molar-refractivity contribution in [1.29, 1.82) is 0 Å². The van der Waals surface area contributed by atoms with Crippen molar-refractivity contribution in [3.8, 4) is 11.1 Å². The molecular formula is C16H16F3N. The van der Waals surface area contributed by atoms with Gasteiger partial charge in [0.05, 0.1) is 5.56 Å². The SMILES string of the molecule is CC(C)(C)c1ccc(-c2ccc(C(F)(F)F)cc2)cn1. The number of alkyl halides is 3. The fourth-order valence-corrected chi connectivity index (χ4v) is 1.86. The van der Waals surface area contributed by atoms with Crippen molar-refractivity contribution >= 4 is 0 Å². The minimum atomic E-state index is -4.30. The molecule has 0 saturated carbocycles. The van der Waals surface area contributed by atoms with Crippen molar-refractivity contribution in [2.24, 2.45) is 0 Å². The second-order valence-electron chi connectivity index (χ2n) is 5.76. The topological polar surface area (TPSA) is 12.9 Å². The Morgan fingerprint density at radius 2 is 1.35 bits per heavy atom. The molecule has 106 valence electrons. The predicted molar refractivity (Wildman–Crippen MR) is 73.4 cm³/mol. The lowest BCUT2D eigenvalue weighted by molar-refractivity contribution is -0.137. The summed E-state index contributed by atoms with van der Waals surface area (Å²) in [6.45, 7) is 6.19. The van der Waals surface area contributed by atoms with Crippen molar-refractivity contribution in [2.75, 3.05) is 0 Å². The molecule has 0 aliphatic rings. The van der Waals surface area contributed by atoms with Gasteiger partial charge in [-0.3, -0.25) is 4.98 Å². The van der Waals surface area contributed by atoms with E-state index in [2.05, 4.69) is 25.8 Å². The molecule has 0 atom stereocenters. The van der Waals surface area contributed by atoms with Crippen LogP contribution in [0.4, 0.5) is 13.2 Å². The Bertz CT molecular complexity index is 520. The molecular weight excluding hydrogens is 263 g/mol. The summed E-state index contributed by atoms with van der Waals surface area (Å²) in [6.07, 6.45) is -2.60. The van der Waals surface area contributed by atoms with Crippen molar-refractivity contribution in [2.45, 2.75) is 32.4 Å². The van der Waals surface area contributed by atoms with Gasteiger partial charge in [-0.05, 0) is 23.8 Å².